The summed E-state index contributed by atoms with van der Waals surface area (Å²) in [5.41, 5.74) is 2.74. The zero-order valence-corrected chi connectivity index (χ0v) is 19.2. The van der Waals surface area contributed by atoms with Crippen LogP contribution in [0.15, 0.2) is 42.6 Å². The third kappa shape index (κ3) is 5.13. The first-order chi connectivity index (χ1) is 14.8. The molecule has 0 spiro atoms. The largest absolute Gasteiger partial charge is 0.497 e. The number of amides is 1. The summed E-state index contributed by atoms with van der Waals surface area (Å²) in [7, 11) is 4.90. The predicted molar refractivity (Wildman–Crippen MR) is 123 cm³/mol. The van der Waals surface area contributed by atoms with E-state index in [9.17, 15) is 4.79 Å². The number of fused-ring (bicyclic) bond motifs is 1. The SMILES string of the molecule is COc1ccc2[nH]cc(CCN(Cc3ccc(OC)c(OC)c3)C(=O)C(C)(C)C)c2c1. The second-order valence-corrected chi connectivity index (χ2v) is 8.64. The van der Waals surface area contributed by atoms with Gasteiger partial charge in [-0.05, 0) is 47.9 Å². The summed E-state index contributed by atoms with van der Waals surface area (Å²) in [6.45, 7) is 6.96. The van der Waals surface area contributed by atoms with Crippen molar-refractivity contribution in [3.63, 3.8) is 0 Å². The van der Waals surface area contributed by atoms with E-state index in [0.717, 1.165) is 34.2 Å². The summed E-state index contributed by atoms with van der Waals surface area (Å²) in [6.07, 6.45) is 2.75. The summed E-state index contributed by atoms with van der Waals surface area (Å²) in [6, 6.07) is 11.8. The van der Waals surface area contributed by atoms with Gasteiger partial charge in [0.15, 0.2) is 11.5 Å². The molecule has 6 nitrogen and oxygen atoms in total. The van der Waals surface area contributed by atoms with Gasteiger partial charge < -0.3 is 24.1 Å². The zero-order valence-electron chi connectivity index (χ0n) is 19.2. The molecule has 0 radical (unpaired) electrons. The highest BCUT2D eigenvalue weighted by atomic mass is 16.5. The first kappa shape index (κ1) is 22.5. The number of hydrogen-bond donors (Lipinski definition) is 1. The average molecular weight is 425 g/mol. The molecule has 6 heteroatoms. The van der Waals surface area contributed by atoms with E-state index >= 15 is 0 Å². The molecule has 1 amide bonds. The lowest BCUT2D eigenvalue weighted by Crippen LogP contribution is -2.40. The van der Waals surface area contributed by atoms with Crippen LogP contribution in [-0.4, -0.2) is 43.7 Å². The topological polar surface area (TPSA) is 63.8 Å². The molecule has 0 saturated carbocycles. The summed E-state index contributed by atoms with van der Waals surface area (Å²) >= 11 is 0. The molecule has 166 valence electrons. The van der Waals surface area contributed by atoms with Crippen molar-refractivity contribution in [3.8, 4) is 17.2 Å². The molecule has 0 unspecified atom stereocenters. The van der Waals surface area contributed by atoms with Crippen LogP contribution in [0.3, 0.4) is 0 Å². The number of ether oxygens (including phenoxy) is 3. The number of hydrogen-bond acceptors (Lipinski definition) is 4. The lowest BCUT2D eigenvalue weighted by Gasteiger charge is -2.30. The van der Waals surface area contributed by atoms with E-state index in [-0.39, 0.29) is 5.91 Å². The molecule has 0 aliphatic carbocycles. The fraction of sp³-hybridized carbons (Fsp3) is 0.400. The molecule has 3 aromatic rings. The van der Waals surface area contributed by atoms with E-state index in [1.807, 2.05) is 68.3 Å². The van der Waals surface area contributed by atoms with Gasteiger partial charge >= 0.3 is 0 Å². The van der Waals surface area contributed by atoms with E-state index in [1.165, 1.54) is 0 Å². The maximum atomic E-state index is 13.2. The minimum atomic E-state index is -0.472. The van der Waals surface area contributed by atoms with Crippen LogP contribution in [0, 0.1) is 5.41 Å². The Labute approximate surface area is 184 Å². The predicted octanol–water partition coefficient (Wildman–Crippen LogP) is 4.81. The van der Waals surface area contributed by atoms with E-state index in [4.69, 9.17) is 14.2 Å². The van der Waals surface area contributed by atoms with Crippen LogP contribution in [0.5, 0.6) is 17.2 Å². The van der Waals surface area contributed by atoms with Crippen molar-refractivity contribution in [2.24, 2.45) is 5.41 Å². The molecule has 0 atom stereocenters. The van der Waals surface area contributed by atoms with Gasteiger partial charge in [0.2, 0.25) is 5.91 Å². The van der Waals surface area contributed by atoms with Crippen molar-refractivity contribution in [2.75, 3.05) is 27.9 Å². The van der Waals surface area contributed by atoms with Crippen LogP contribution >= 0.6 is 0 Å². The molecule has 0 saturated heterocycles. The van der Waals surface area contributed by atoms with Gasteiger partial charge in [0, 0.05) is 35.6 Å². The van der Waals surface area contributed by atoms with E-state index in [0.29, 0.717) is 24.6 Å². The molecule has 3 rings (SSSR count). The molecule has 0 fully saturated rings. The molecule has 1 N–H and O–H groups in total. The number of rotatable bonds is 8. The standard InChI is InChI=1S/C25H32N2O4/c1-25(2,3)24(28)27(16-17-7-10-22(30-5)23(13-17)31-6)12-11-18-15-26-21-9-8-19(29-4)14-20(18)21/h7-10,13-15,26H,11-12,16H2,1-6H3. The van der Waals surface area contributed by atoms with Crippen molar-refractivity contribution >= 4 is 16.8 Å². The Hall–Kier alpha value is -3.15. The lowest BCUT2D eigenvalue weighted by atomic mass is 9.94. The molecule has 0 aliphatic rings. The van der Waals surface area contributed by atoms with Gasteiger partial charge in [0.1, 0.15) is 5.75 Å². The second-order valence-electron chi connectivity index (χ2n) is 8.64. The molecule has 1 aromatic heterocycles. The van der Waals surface area contributed by atoms with Gasteiger partial charge in [-0.1, -0.05) is 26.8 Å². The van der Waals surface area contributed by atoms with Crippen LogP contribution in [0.4, 0.5) is 0 Å². The number of carbonyl (C=O) groups is 1. The first-order valence-corrected chi connectivity index (χ1v) is 10.4. The molecule has 1 heterocycles. The van der Waals surface area contributed by atoms with Gasteiger partial charge in [0.25, 0.3) is 0 Å². The fourth-order valence-corrected chi connectivity index (χ4v) is 3.67. The number of aromatic amines is 1. The van der Waals surface area contributed by atoms with Crippen LogP contribution in [0.1, 0.15) is 31.9 Å². The summed E-state index contributed by atoms with van der Waals surface area (Å²) in [5.74, 6) is 2.26. The fourth-order valence-electron chi connectivity index (χ4n) is 3.67. The Morgan fingerprint density at radius 3 is 2.35 bits per heavy atom. The monoisotopic (exact) mass is 424 g/mol. The van der Waals surface area contributed by atoms with Crippen LogP contribution < -0.4 is 14.2 Å². The molecule has 2 aromatic carbocycles. The van der Waals surface area contributed by atoms with Gasteiger partial charge in [-0.25, -0.2) is 0 Å². The van der Waals surface area contributed by atoms with E-state index in [1.54, 1.807) is 21.3 Å². The van der Waals surface area contributed by atoms with Crippen molar-refractivity contribution in [1.82, 2.24) is 9.88 Å². The third-order valence-corrected chi connectivity index (χ3v) is 5.38. The smallest absolute Gasteiger partial charge is 0.228 e. The Morgan fingerprint density at radius 1 is 0.968 bits per heavy atom. The molecule has 0 aliphatic heterocycles. The van der Waals surface area contributed by atoms with Crippen molar-refractivity contribution in [1.29, 1.82) is 0 Å². The Bertz CT molecular complexity index is 1050. The maximum absolute atomic E-state index is 13.2. The lowest BCUT2D eigenvalue weighted by molar-refractivity contribution is -0.140. The minimum absolute atomic E-state index is 0.111. The second kappa shape index (κ2) is 9.33. The van der Waals surface area contributed by atoms with Gasteiger partial charge in [-0.15, -0.1) is 0 Å². The van der Waals surface area contributed by atoms with E-state index in [2.05, 4.69) is 4.98 Å². The number of nitrogens with zero attached hydrogens (tertiary/aromatic N) is 1. The highest BCUT2D eigenvalue weighted by Gasteiger charge is 2.27. The van der Waals surface area contributed by atoms with Crippen LogP contribution in [0.2, 0.25) is 0 Å². The molecule has 31 heavy (non-hydrogen) atoms. The third-order valence-electron chi connectivity index (χ3n) is 5.38. The summed E-state index contributed by atoms with van der Waals surface area (Å²) in [5, 5.41) is 1.12. The van der Waals surface area contributed by atoms with Crippen LogP contribution in [-0.2, 0) is 17.8 Å². The van der Waals surface area contributed by atoms with Gasteiger partial charge in [-0.3, -0.25) is 4.79 Å². The maximum Gasteiger partial charge on any atom is 0.228 e. The number of methoxy groups -OCH3 is 3. The summed E-state index contributed by atoms with van der Waals surface area (Å²) in [4.78, 5) is 18.4. The Balaban J connectivity index is 1.84. The number of H-pyrrole nitrogens is 1. The molecular formula is C25H32N2O4. The summed E-state index contributed by atoms with van der Waals surface area (Å²) < 4.78 is 16.1. The number of benzene rings is 2. The average Bonchev–Trinajstić information content (AvgIpc) is 3.17. The van der Waals surface area contributed by atoms with Crippen LogP contribution in [0.25, 0.3) is 10.9 Å². The molecular weight excluding hydrogens is 392 g/mol. The minimum Gasteiger partial charge on any atom is -0.497 e. The van der Waals surface area contributed by atoms with Gasteiger partial charge in [-0.2, -0.15) is 0 Å². The Morgan fingerprint density at radius 2 is 1.71 bits per heavy atom. The van der Waals surface area contributed by atoms with E-state index < -0.39 is 5.41 Å². The van der Waals surface area contributed by atoms with Crippen molar-refractivity contribution in [3.05, 3.63) is 53.7 Å². The zero-order chi connectivity index (χ0) is 22.6. The first-order valence-electron chi connectivity index (χ1n) is 10.4. The highest BCUT2D eigenvalue weighted by Crippen LogP contribution is 2.29. The Kier molecular flexibility index (Phi) is 6.78. The number of carbonyl (C=O) groups excluding carboxylic acids is 1. The van der Waals surface area contributed by atoms with Crippen molar-refractivity contribution < 1.29 is 19.0 Å². The normalized spacial score (nSPS) is 11.4. The quantitative estimate of drug-likeness (QED) is 0.564. The van der Waals surface area contributed by atoms with Crippen molar-refractivity contribution in [2.45, 2.75) is 33.7 Å². The molecule has 0 bridgehead atoms. The van der Waals surface area contributed by atoms with Gasteiger partial charge in [0.05, 0.1) is 21.3 Å². The number of nitrogens with one attached hydrogen (secondary N) is 1. The number of aromatic nitrogens is 1. The highest BCUT2D eigenvalue weighted by molar-refractivity contribution is 5.85.